The van der Waals surface area contributed by atoms with Crippen LogP contribution >= 0.6 is 11.6 Å². The van der Waals surface area contributed by atoms with E-state index in [9.17, 15) is 22.4 Å². The smallest absolute Gasteiger partial charge is 0.490 e. The predicted molar refractivity (Wildman–Crippen MR) is 137 cm³/mol. The second-order valence-electron chi connectivity index (χ2n) is 9.51. The van der Waals surface area contributed by atoms with Crippen molar-refractivity contribution < 1.29 is 41.7 Å². The predicted octanol–water partition coefficient (Wildman–Crippen LogP) is 5.21. The van der Waals surface area contributed by atoms with E-state index in [2.05, 4.69) is 24.1 Å². The van der Waals surface area contributed by atoms with Gasteiger partial charge in [0.25, 0.3) is 0 Å². The summed E-state index contributed by atoms with van der Waals surface area (Å²) < 4.78 is 56.4. The molecule has 4 rings (SSSR count). The number of carbonyl (C=O) groups is 2. The molecular formula is C26H30ClF4N3O5. The summed E-state index contributed by atoms with van der Waals surface area (Å²) in [5, 5.41) is 7.10. The fourth-order valence-electron chi connectivity index (χ4n) is 5.63. The molecule has 13 heteroatoms. The van der Waals surface area contributed by atoms with Gasteiger partial charge in [-0.15, -0.1) is 0 Å². The number of hydrogen-bond acceptors (Lipinski definition) is 5. The van der Waals surface area contributed by atoms with Crippen molar-refractivity contribution in [1.82, 2.24) is 4.90 Å². The number of anilines is 1. The van der Waals surface area contributed by atoms with Crippen LogP contribution in [0.25, 0.3) is 0 Å². The number of amides is 2. The average Bonchev–Trinajstić information content (AvgIpc) is 3.22. The first-order valence-electron chi connectivity index (χ1n) is 12.0. The zero-order chi connectivity index (χ0) is 29.1. The van der Waals surface area contributed by atoms with Crippen molar-refractivity contribution in [2.45, 2.75) is 49.4 Å². The van der Waals surface area contributed by atoms with E-state index in [4.69, 9.17) is 36.7 Å². The van der Waals surface area contributed by atoms with Crippen molar-refractivity contribution in [3.05, 3.63) is 52.8 Å². The van der Waals surface area contributed by atoms with Crippen LogP contribution in [0.4, 0.5) is 28.0 Å². The van der Waals surface area contributed by atoms with Crippen LogP contribution in [0.15, 0.2) is 36.4 Å². The van der Waals surface area contributed by atoms with Gasteiger partial charge in [0.05, 0.1) is 19.2 Å². The Morgan fingerprint density at radius 3 is 2.31 bits per heavy atom. The second-order valence-corrected chi connectivity index (χ2v) is 9.92. The standard InChI is InChI=1S/C24H29ClFN3O3.C2HF3O2/c1-28-11-10-24(15-4-7-20(31-2)21(12-15)32-3)9-8-17(14-22(24)28)29(23(27)30)16-5-6-19(26)18(25)13-16;3-2(4,5)1(6)7/h4-7,12-13,17,22H,8-11,14H2,1-3H3,(H2,27,30);(H,6,7)/t17-,22+,24+;/m1./s1. The van der Waals surface area contributed by atoms with Gasteiger partial charge in [0.2, 0.25) is 0 Å². The lowest BCUT2D eigenvalue weighted by Gasteiger charge is -2.47. The second kappa shape index (κ2) is 11.9. The molecule has 0 spiro atoms. The number of halogens is 5. The van der Waals surface area contributed by atoms with E-state index >= 15 is 0 Å². The van der Waals surface area contributed by atoms with Crippen LogP contribution in [0.1, 0.15) is 31.2 Å². The molecule has 0 unspecified atom stereocenters. The maximum atomic E-state index is 13.7. The molecule has 2 aliphatic rings. The number of hydrogen-bond donors (Lipinski definition) is 2. The van der Waals surface area contributed by atoms with Gasteiger partial charge >= 0.3 is 18.2 Å². The number of nitrogens with zero attached hydrogens (tertiary/aromatic N) is 2. The zero-order valence-corrected chi connectivity index (χ0v) is 22.4. The van der Waals surface area contributed by atoms with Crippen LogP contribution in [0.5, 0.6) is 11.5 Å². The van der Waals surface area contributed by atoms with Gasteiger partial charge in [-0.1, -0.05) is 17.7 Å². The highest BCUT2D eigenvalue weighted by Gasteiger charge is 2.51. The highest BCUT2D eigenvalue weighted by molar-refractivity contribution is 6.31. The fraction of sp³-hybridized carbons (Fsp3) is 0.462. The van der Waals surface area contributed by atoms with Gasteiger partial charge in [0.15, 0.2) is 11.5 Å². The highest BCUT2D eigenvalue weighted by atomic mass is 35.5. The van der Waals surface area contributed by atoms with Crippen LogP contribution in [-0.2, 0) is 10.2 Å². The molecule has 2 fully saturated rings. The number of rotatable bonds is 5. The first-order chi connectivity index (χ1) is 18.2. The first-order valence-corrected chi connectivity index (χ1v) is 12.4. The monoisotopic (exact) mass is 575 g/mol. The Hall–Kier alpha value is -3.25. The summed E-state index contributed by atoms with van der Waals surface area (Å²) in [5.74, 6) is -1.86. The third-order valence-corrected chi connectivity index (χ3v) is 7.77. The van der Waals surface area contributed by atoms with Gasteiger partial charge in [-0.25, -0.2) is 14.0 Å². The minimum atomic E-state index is -5.08. The Morgan fingerprint density at radius 1 is 1.13 bits per heavy atom. The number of aliphatic carboxylic acids is 1. The number of likely N-dealkylation sites (tertiary alicyclic amines) is 1. The molecule has 1 aliphatic carbocycles. The molecule has 2 amide bonds. The highest BCUT2D eigenvalue weighted by Crippen LogP contribution is 2.51. The van der Waals surface area contributed by atoms with Crippen molar-refractivity contribution in [2.75, 3.05) is 32.7 Å². The molecule has 214 valence electrons. The number of carboxylic acids is 1. The van der Waals surface area contributed by atoms with Crippen LogP contribution in [0.3, 0.4) is 0 Å². The lowest BCUT2D eigenvalue weighted by Crippen LogP contribution is -2.54. The van der Waals surface area contributed by atoms with Gasteiger partial charge < -0.3 is 25.2 Å². The Kier molecular flexibility index (Phi) is 9.22. The first kappa shape index (κ1) is 30.3. The van der Waals surface area contributed by atoms with E-state index in [1.165, 1.54) is 17.7 Å². The summed E-state index contributed by atoms with van der Waals surface area (Å²) in [6.07, 6.45) is -1.64. The third-order valence-electron chi connectivity index (χ3n) is 7.48. The van der Waals surface area contributed by atoms with E-state index in [0.717, 1.165) is 38.0 Å². The van der Waals surface area contributed by atoms with Crippen LogP contribution in [-0.4, -0.2) is 68.1 Å². The van der Waals surface area contributed by atoms with Gasteiger partial charge in [-0.3, -0.25) is 4.90 Å². The number of ether oxygens (including phenoxy) is 2. The van der Waals surface area contributed by atoms with E-state index in [1.807, 2.05) is 6.07 Å². The maximum absolute atomic E-state index is 13.7. The van der Waals surface area contributed by atoms with Crippen LogP contribution in [0.2, 0.25) is 5.02 Å². The van der Waals surface area contributed by atoms with E-state index < -0.39 is 24.0 Å². The summed E-state index contributed by atoms with van der Waals surface area (Å²) in [4.78, 5) is 25.3. The van der Waals surface area contributed by atoms with E-state index in [1.54, 1.807) is 25.2 Å². The van der Waals surface area contributed by atoms with E-state index in [0.29, 0.717) is 11.4 Å². The number of nitrogens with two attached hydrogens (primary N) is 1. The zero-order valence-electron chi connectivity index (χ0n) is 21.6. The molecule has 2 aromatic carbocycles. The molecular weight excluding hydrogens is 546 g/mol. The van der Waals surface area contributed by atoms with Crippen LogP contribution < -0.4 is 20.1 Å². The molecule has 0 bridgehead atoms. The molecule has 2 aromatic rings. The third kappa shape index (κ3) is 6.33. The quantitative estimate of drug-likeness (QED) is 0.474. The normalized spacial score (nSPS) is 22.8. The van der Waals surface area contributed by atoms with Gasteiger partial charge in [-0.2, -0.15) is 13.2 Å². The fourth-order valence-corrected chi connectivity index (χ4v) is 5.81. The molecule has 1 aliphatic heterocycles. The molecule has 1 saturated carbocycles. The number of urea groups is 1. The summed E-state index contributed by atoms with van der Waals surface area (Å²) in [5.41, 5.74) is 7.47. The van der Waals surface area contributed by atoms with Gasteiger partial charge in [0.1, 0.15) is 5.82 Å². The number of carboxylic acid groups (broad SMARTS) is 1. The summed E-state index contributed by atoms with van der Waals surface area (Å²) in [6.45, 7) is 0.963. The lowest BCUT2D eigenvalue weighted by molar-refractivity contribution is -0.192. The van der Waals surface area contributed by atoms with Crippen molar-refractivity contribution in [3.63, 3.8) is 0 Å². The van der Waals surface area contributed by atoms with Crippen molar-refractivity contribution in [2.24, 2.45) is 5.73 Å². The molecule has 8 nitrogen and oxygen atoms in total. The summed E-state index contributed by atoms with van der Waals surface area (Å²) >= 11 is 5.99. The summed E-state index contributed by atoms with van der Waals surface area (Å²) in [6, 6.07) is 10.0. The maximum Gasteiger partial charge on any atom is 0.490 e. The largest absolute Gasteiger partial charge is 0.493 e. The van der Waals surface area contributed by atoms with Crippen molar-refractivity contribution in [3.8, 4) is 11.5 Å². The molecule has 3 N–H and O–H groups in total. The van der Waals surface area contributed by atoms with Gasteiger partial charge in [-0.05, 0) is 75.2 Å². The molecule has 1 saturated heterocycles. The number of likely N-dealkylation sites (N-methyl/N-ethyl adjacent to an activating group) is 1. The minimum Gasteiger partial charge on any atom is -0.493 e. The molecule has 0 radical (unpaired) electrons. The van der Waals surface area contributed by atoms with Gasteiger partial charge in [0, 0.05) is 23.2 Å². The number of fused-ring (bicyclic) bond motifs is 1. The number of alkyl halides is 3. The summed E-state index contributed by atoms with van der Waals surface area (Å²) in [7, 11) is 5.40. The Balaban J connectivity index is 0.000000532. The topological polar surface area (TPSA) is 105 Å². The van der Waals surface area contributed by atoms with Crippen molar-refractivity contribution >= 4 is 29.3 Å². The number of methoxy groups -OCH3 is 2. The van der Waals surface area contributed by atoms with E-state index in [-0.39, 0.29) is 22.5 Å². The Morgan fingerprint density at radius 2 is 1.77 bits per heavy atom. The molecule has 0 aromatic heterocycles. The lowest BCUT2D eigenvalue weighted by atomic mass is 9.64. The molecule has 39 heavy (non-hydrogen) atoms. The minimum absolute atomic E-state index is 0.0257. The van der Waals surface area contributed by atoms with Crippen molar-refractivity contribution in [1.29, 1.82) is 0 Å². The SMILES string of the molecule is COc1ccc([C@@]23CC[C@@H](N(C(N)=O)c4ccc(F)c(Cl)c4)C[C@@H]2N(C)CC3)cc1OC.O=C(O)C(F)(F)F. The molecule has 1 heterocycles. The number of primary amides is 1. The average molecular weight is 576 g/mol. The van der Waals surface area contributed by atoms with Crippen LogP contribution in [0, 0.1) is 5.82 Å². The Bertz CT molecular complexity index is 1210. The number of benzene rings is 2. The number of carbonyl (C=O) groups excluding carboxylic acids is 1. The Labute approximate surface area is 228 Å². The molecule has 3 atom stereocenters.